The maximum atomic E-state index is 13.6. The number of piperidine rings is 1. The van der Waals surface area contributed by atoms with Gasteiger partial charge in [-0.05, 0) is 93.6 Å². The number of amides is 1. The number of aromatic nitrogens is 1. The fourth-order valence-electron chi connectivity index (χ4n) is 7.70. The molecule has 216 valence electrons. The molecular formula is C29H41F2N3O5. The first-order valence-electron chi connectivity index (χ1n) is 14.5. The van der Waals surface area contributed by atoms with Gasteiger partial charge in [-0.25, -0.2) is 0 Å². The van der Waals surface area contributed by atoms with Gasteiger partial charge in [0.15, 0.2) is 0 Å². The predicted molar refractivity (Wildman–Crippen MR) is 141 cm³/mol. The number of anilines is 1. The molecule has 2 heterocycles. The molecule has 1 aliphatic heterocycles. The Hall–Kier alpha value is -2.49. The normalized spacial score (nSPS) is 31.7. The zero-order valence-corrected chi connectivity index (χ0v) is 23.0. The lowest BCUT2D eigenvalue weighted by Crippen LogP contribution is -2.43. The molecule has 0 aromatic carbocycles. The van der Waals surface area contributed by atoms with Crippen molar-refractivity contribution in [3.05, 3.63) is 17.7 Å². The second-order valence-electron chi connectivity index (χ2n) is 12.0. The number of nitrogens with one attached hydrogen (secondary N) is 1. The standard InChI is InChI=1S/C29H41F2N3O5/c1-3-11-38-27-21(7-9-24(33-27)34-10-4-5-19(17-34)13-25(35)37-2)26(36)32-23-8-6-18-12-20-15-29(14-18,16-22(20)23)39-28(30)31/h7,9,18-20,22-23,28H,3-6,8,10-17H2,1-2H3,(H,32,36)/t18?,19-,20?,22?,23-,29-/m0/s1. The van der Waals surface area contributed by atoms with Crippen molar-refractivity contribution in [3.63, 3.8) is 0 Å². The molecule has 3 aliphatic carbocycles. The van der Waals surface area contributed by atoms with E-state index in [1.807, 2.05) is 13.0 Å². The zero-order chi connectivity index (χ0) is 27.6. The first kappa shape index (κ1) is 28.1. The SMILES string of the molecule is CCCOc1nc(N2CCC[C@@H](CC(=O)OC)C2)ccc1C(=O)N[C@H]1CCC2CC3C[C@@](OC(F)F)(C2)CC31. The summed E-state index contributed by atoms with van der Waals surface area (Å²) in [6, 6.07) is 3.53. The summed E-state index contributed by atoms with van der Waals surface area (Å²) in [5.41, 5.74) is -0.369. The molecule has 39 heavy (non-hydrogen) atoms. The van der Waals surface area contributed by atoms with Gasteiger partial charge in [0, 0.05) is 25.6 Å². The van der Waals surface area contributed by atoms with Gasteiger partial charge < -0.3 is 24.4 Å². The molecule has 1 N–H and O–H groups in total. The van der Waals surface area contributed by atoms with E-state index in [9.17, 15) is 18.4 Å². The van der Waals surface area contributed by atoms with Gasteiger partial charge in [0.25, 0.3) is 5.91 Å². The molecule has 0 radical (unpaired) electrons. The van der Waals surface area contributed by atoms with Crippen molar-refractivity contribution in [2.24, 2.45) is 23.7 Å². The third-order valence-electron chi connectivity index (χ3n) is 9.26. The fourth-order valence-corrected chi connectivity index (χ4v) is 7.70. The van der Waals surface area contributed by atoms with Crippen molar-refractivity contribution in [2.75, 3.05) is 31.7 Å². The predicted octanol–water partition coefficient (Wildman–Crippen LogP) is 4.96. The van der Waals surface area contributed by atoms with E-state index < -0.39 is 12.2 Å². The molecule has 4 aliphatic rings. The smallest absolute Gasteiger partial charge is 0.345 e. The van der Waals surface area contributed by atoms with E-state index in [1.165, 1.54) is 7.11 Å². The second-order valence-corrected chi connectivity index (χ2v) is 12.0. The van der Waals surface area contributed by atoms with Crippen LogP contribution in [0.2, 0.25) is 0 Å². The van der Waals surface area contributed by atoms with Crippen LogP contribution in [0.3, 0.4) is 0 Å². The molecule has 8 nitrogen and oxygen atoms in total. The number of methoxy groups -OCH3 is 1. The number of alkyl halides is 2. The molecule has 1 saturated heterocycles. The molecule has 3 saturated carbocycles. The van der Waals surface area contributed by atoms with Crippen LogP contribution in [-0.2, 0) is 14.3 Å². The van der Waals surface area contributed by atoms with Crippen molar-refractivity contribution in [2.45, 2.75) is 89.4 Å². The summed E-state index contributed by atoms with van der Waals surface area (Å²) in [6.07, 6.45) is 7.75. The largest absolute Gasteiger partial charge is 0.477 e. The Kier molecular flexibility index (Phi) is 8.59. The van der Waals surface area contributed by atoms with Crippen LogP contribution >= 0.6 is 0 Å². The average Bonchev–Trinajstić information content (AvgIpc) is 3.11. The Morgan fingerprint density at radius 3 is 2.82 bits per heavy atom. The highest BCUT2D eigenvalue weighted by molar-refractivity contribution is 5.96. The lowest BCUT2D eigenvalue weighted by atomic mass is 9.77. The Labute approximate surface area is 229 Å². The summed E-state index contributed by atoms with van der Waals surface area (Å²) >= 11 is 0. The summed E-state index contributed by atoms with van der Waals surface area (Å²) < 4.78 is 42.5. The molecular weight excluding hydrogens is 508 g/mol. The molecule has 6 atom stereocenters. The van der Waals surface area contributed by atoms with Crippen molar-refractivity contribution in [3.8, 4) is 5.88 Å². The maximum Gasteiger partial charge on any atom is 0.345 e. The van der Waals surface area contributed by atoms with E-state index in [2.05, 4.69) is 10.2 Å². The number of nitrogens with zero attached hydrogens (tertiary/aromatic N) is 2. The van der Waals surface area contributed by atoms with Gasteiger partial charge in [0.2, 0.25) is 5.88 Å². The lowest BCUT2D eigenvalue weighted by molar-refractivity contribution is -0.219. The number of ether oxygens (including phenoxy) is 3. The molecule has 3 unspecified atom stereocenters. The summed E-state index contributed by atoms with van der Waals surface area (Å²) in [5.74, 6) is 1.57. The highest BCUT2D eigenvalue weighted by Crippen LogP contribution is 2.57. The number of esters is 1. The highest BCUT2D eigenvalue weighted by atomic mass is 19.3. The molecule has 4 fully saturated rings. The molecule has 3 bridgehead atoms. The van der Waals surface area contributed by atoms with Crippen molar-refractivity contribution in [1.82, 2.24) is 10.3 Å². The number of pyridine rings is 1. The van der Waals surface area contributed by atoms with E-state index in [0.29, 0.717) is 62.1 Å². The van der Waals surface area contributed by atoms with Crippen LogP contribution in [0.15, 0.2) is 12.1 Å². The van der Waals surface area contributed by atoms with Crippen molar-refractivity contribution >= 4 is 17.7 Å². The zero-order valence-electron chi connectivity index (χ0n) is 23.0. The van der Waals surface area contributed by atoms with Gasteiger partial charge in [0.05, 0.1) is 19.3 Å². The second kappa shape index (κ2) is 11.9. The van der Waals surface area contributed by atoms with Gasteiger partial charge in [-0.15, -0.1) is 0 Å². The number of carbonyl (C=O) groups excluding carboxylic acids is 2. The van der Waals surface area contributed by atoms with Crippen LogP contribution in [0.5, 0.6) is 5.88 Å². The first-order valence-corrected chi connectivity index (χ1v) is 14.5. The van der Waals surface area contributed by atoms with Crippen LogP contribution < -0.4 is 15.0 Å². The van der Waals surface area contributed by atoms with Crippen molar-refractivity contribution in [1.29, 1.82) is 0 Å². The van der Waals surface area contributed by atoms with Gasteiger partial charge in [-0.2, -0.15) is 13.8 Å². The van der Waals surface area contributed by atoms with E-state index in [-0.39, 0.29) is 29.8 Å². The Balaban J connectivity index is 1.31. The summed E-state index contributed by atoms with van der Waals surface area (Å²) in [4.78, 5) is 32.3. The van der Waals surface area contributed by atoms with E-state index in [1.54, 1.807) is 6.07 Å². The minimum atomic E-state index is -2.77. The van der Waals surface area contributed by atoms with Gasteiger partial charge >= 0.3 is 12.6 Å². The fraction of sp³-hybridized carbons (Fsp3) is 0.759. The van der Waals surface area contributed by atoms with Gasteiger partial charge in [-0.1, -0.05) is 6.92 Å². The highest BCUT2D eigenvalue weighted by Gasteiger charge is 2.56. The first-order chi connectivity index (χ1) is 18.8. The number of rotatable bonds is 10. The Morgan fingerprint density at radius 2 is 2.05 bits per heavy atom. The lowest BCUT2D eigenvalue weighted by Gasteiger charge is -2.37. The summed E-state index contributed by atoms with van der Waals surface area (Å²) in [6.45, 7) is 1.17. The number of fused-ring (bicyclic) bond motifs is 2. The van der Waals surface area contributed by atoms with E-state index in [4.69, 9.17) is 19.2 Å². The van der Waals surface area contributed by atoms with Crippen LogP contribution in [0.25, 0.3) is 0 Å². The van der Waals surface area contributed by atoms with Crippen LogP contribution in [0.4, 0.5) is 14.6 Å². The summed E-state index contributed by atoms with van der Waals surface area (Å²) in [5, 5.41) is 3.24. The van der Waals surface area contributed by atoms with E-state index in [0.717, 1.165) is 50.9 Å². The van der Waals surface area contributed by atoms with Crippen molar-refractivity contribution < 1.29 is 32.6 Å². The van der Waals surface area contributed by atoms with E-state index >= 15 is 0 Å². The van der Waals surface area contributed by atoms with Crippen LogP contribution in [0.1, 0.15) is 81.5 Å². The molecule has 1 aromatic heterocycles. The molecule has 5 rings (SSSR count). The quantitative estimate of drug-likeness (QED) is 0.413. The summed E-state index contributed by atoms with van der Waals surface area (Å²) in [7, 11) is 1.41. The number of hydrogen-bond acceptors (Lipinski definition) is 7. The van der Waals surface area contributed by atoms with Crippen LogP contribution in [-0.4, -0.2) is 61.9 Å². The number of carbonyl (C=O) groups is 2. The minimum Gasteiger partial charge on any atom is -0.477 e. The van der Waals surface area contributed by atoms with Gasteiger partial charge in [0.1, 0.15) is 11.4 Å². The molecule has 1 amide bonds. The third kappa shape index (κ3) is 6.31. The van der Waals surface area contributed by atoms with Gasteiger partial charge in [-0.3, -0.25) is 9.59 Å². The molecule has 1 aromatic rings. The molecule has 10 heteroatoms. The third-order valence-corrected chi connectivity index (χ3v) is 9.26. The Morgan fingerprint density at radius 1 is 1.21 bits per heavy atom. The number of hydrogen-bond donors (Lipinski definition) is 1. The monoisotopic (exact) mass is 549 g/mol. The van der Waals surface area contributed by atoms with Crippen LogP contribution in [0, 0.1) is 23.7 Å². The topological polar surface area (TPSA) is 90.0 Å². The molecule has 0 spiro atoms. The maximum absolute atomic E-state index is 13.6. The number of halogens is 2. The Bertz CT molecular complexity index is 1040. The average molecular weight is 550 g/mol. The minimum absolute atomic E-state index is 0.0872.